The molecule has 0 heterocycles. The standard InChI is InChI=1S/C7H6ClFO2S/c1-5-4-6(12(9,10)11)2-3-7(5)8/h2-4H,1H3. The zero-order valence-electron chi connectivity index (χ0n) is 6.21. The fraction of sp³-hybridized carbons (Fsp3) is 0.143. The van der Waals surface area contributed by atoms with Crippen molar-refractivity contribution in [2.45, 2.75) is 11.8 Å². The Kier molecular flexibility index (Phi) is 2.39. The minimum absolute atomic E-state index is 0.357. The van der Waals surface area contributed by atoms with Crippen LogP contribution in [0.3, 0.4) is 0 Å². The van der Waals surface area contributed by atoms with Crippen molar-refractivity contribution in [1.82, 2.24) is 0 Å². The number of hydrogen-bond acceptors (Lipinski definition) is 2. The number of aryl methyl sites for hydroxylation is 1. The van der Waals surface area contributed by atoms with Crippen LogP contribution in [0.4, 0.5) is 3.89 Å². The zero-order chi connectivity index (χ0) is 9.35. The number of hydrogen-bond donors (Lipinski definition) is 0. The molecule has 1 rings (SSSR count). The Morgan fingerprint density at radius 1 is 1.42 bits per heavy atom. The molecular formula is C7H6ClFO2S. The van der Waals surface area contributed by atoms with Crippen LogP contribution in [0.5, 0.6) is 0 Å². The summed E-state index contributed by atoms with van der Waals surface area (Å²) in [5.74, 6) is 0. The minimum Gasteiger partial charge on any atom is -0.189 e. The molecule has 0 spiro atoms. The van der Waals surface area contributed by atoms with Gasteiger partial charge in [-0.1, -0.05) is 11.6 Å². The van der Waals surface area contributed by atoms with Crippen LogP contribution in [0.15, 0.2) is 23.1 Å². The van der Waals surface area contributed by atoms with Crippen molar-refractivity contribution in [2.24, 2.45) is 0 Å². The van der Waals surface area contributed by atoms with Gasteiger partial charge in [0, 0.05) is 5.02 Å². The molecule has 0 saturated carbocycles. The largest absolute Gasteiger partial charge is 0.332 e. The molecule has 0 bridgehead atoms. The van der Waals surface area contributed by atoms with Crippen molar-refractivity contribution in [3.8, 4) is 0 Å². The predicted molar refractivity (Wildman–Crippen MR) is 44.5 cm³/mol. The first-order valence-electron chi connectivity index (χ1n) is 3.12. The molecule has 0 fully saturated rings. The summed E-state index contributed by atoms with van der Waals surface area (Å²) in [5, 5.41) is 0.419. The number of halogens is 2. The summed E-state index contributed by atoms with van der Waals surface area (Å²) < 4.78 is 33.1. The van der Waals surface area contributed by atoms with Crippen LogP contribution < -0.4 is 0 Å². The van der Waals surface area contributed by atoms with Gasteiger partial charge in [-0.25, -0.2) is 0 Å². The molecule has 5 heteroatoms. The van der Waals surface area contributed by atoms with Crippen LogP contribution >= 0.6 is 11.6 Å². The lowest BCUT2D eigenvalue weighted by Crippen LogP contribution is -1.92. The molecule has 66 valence electrons. The maximum absolute atomic E-state index is 12.4. The monoisotopic (exact) mass is 208 g/mol. The summed E-state index contributed by atoms with van der Waals surface area (Å²) in [4.78, 5) is -0.357. The van der Waals surface area contributed by atoms with Crippen LogP contribution in [-0.4, -0.2) is 8.42 Å². The smallest absolute Gasteiger partial charge is 0.189 e. The highest BCUT2D eigenvalue weighted by atomic mass is 35.5. The molecule has 0 saturated heterocycles. The first kappa shape index (κ1) is 9.48. The Balaban J connectivity index is 3.33. The van der Waals surface area contributed by atoms with E-state index < -0.39 is 10.2 Å². The van der Waals surface area contributed by atoms with Crippen molar-refractivity contribution < 1.29 is 12.3 Å². The molecule has 0 N–H and O–H groups in total. The lowest BCUT2D eigenvalue weighted by atomic mass is 10.2. The van der Waals surface area contributed by atoms with E-state index in [0.717, 1.165) is 6.07 Å². The van der Waals surface area contributed by atoms with E-state index in [1.807, 2.05) is 0 Å². The van der Waals surface area contributed by atoms with E-state index in [1.165, 1.54) is 12.1 Å². The molecule has 0 unspecified atom stereocenters. The van der Waals surface area contributed by atoms with Gasteiger partial charge in [-0.15, -0.1) is 3.89 Å². The van der Waals surface area contributed by atoms with Crippen molar-refractivity contribution >= 4 is 21.8 Å². The summed E-state index contributed by atoms with van der Waals surface area (Å²) in [5.41, 5.74) is 0.537. The first-order chi connectivity index (χ1) is 5.41. The van der Waals surface area contributed by atoms with Crippen molar-refractivity contribution in [3.05, 3.63) is 28.8 Å². The van der Waals surface area contributed by atoms with Crippen molar-refractivity contribution in [3.63, 3.8) is 0 Å². The van der Waals surface area contributed by atoms with Crippen LogP contribution in [-0.2, 0) is 10.2 Å². The molecule has 1 aromatic carbocycles. The molecule has 0 radical (unpaired) electrons. The third kappa shape index (κ3) is 1.95. The maximum atomic E-state index is 12.4. The van der Waals surface area contributed by atoms with Crippen LogP contribution in [0.1, 0.15) is 5.56 Å². The average molecular weight is 209 g/mol. The van der Waals surface area contributed by atoms with Crippen LogP contribution in [0.2, 0.25) is 5.02 Å². The third-order valence-corrected chi connectivity index (χ3v) is 2.65. The molecule has 2 nitrogen and oxygen atoms in total. The average Bonchev–Trinajstić information content (AvgIpc) is 1.92. The number of rotatable bonds is 1. The summed E-state index contributed by atoms with van der Waals surface area (Å²) in [6, 6.07) is 3.67. The fourth-order valence-corrected chi connectivity index (χ4v) is 1.43. The molecule has 0 atom stereocenters. The van der Waals surface area contributed by atoms with Crippen LogP contribution in [0, 0.1) is 6.92 Å². The van der Waals surface area contributed by atoms with Crippen molar-refractivity contribution in [1.29, 1.82) is 0 Å². The zero-order valence-corrected chi connectivity index (χ0v) is 7.79. The van der Waals surface area contributed by atoms with E-state index in [4.69, 9.17) is 11.6 Å². The van der Waals surface area contributed by atoms with Gasteiger partial charge in [0.05, 0.1) is 4.90 Å². The normalized spacial score (nSPS) is 11.6. The molecule has 1 aromatic rings. The van der Waals surface area contributed by atoms with Gasteiger partial charge in [-0.05, 0) is 30.7 Å². The summed E-state index contributed by atoms with van der Waals surface area (Å²) >= 11 is 5.61. The van der Waals surface area contributed by atoms with E-state index in [9.17, 15) is 12.3 Å². The highest BCUT2D eigenvalue weighted by Crippen LogP contribution is 2.20. The Morgan fingerprint density at radius 2 is 2.00 bits per heavy atom. The molecule has 0 aliphatic carbocycles. The van der Waals surface area contributed by atoms with Gasteiger partial charge in [0.1, 0.15) is 0 Å². The van der Waals surface area contributed by atoms with Crippen LogP contribution in [0.25, 0.3) is 0 Å². The second kappa shape index (κ2) is 3.03. The van der Waals surface area contributed by atoms with E-state index in [1.54, 1.807) is 6.92 Å². The van der Waals surface area contributed by atoms with Gasteiger partial charge in [0.2, 0.25) is 0 Å². The van der Waals surface area contributed by atoms with E-state index in [-0.39, 0.29) is 4.90 Å². The quantitative estimate of drug-likeness (QED) is 0.664. The third-order valence-electron chi connectivity index (χ3n) is 1.41. The molecule has 0 aliphatic rings. The van der Waals surface area contributed by atoms with Gasteiger partial charge in [0.15, 0.2) is 0 Å². The van der Waals surface area contributed by atoms with Gasteiger partial charge < -0.3 is 0 Å². The fourth-order valence-electron chi connectivity index (χ4n) is 0.769. The summed E-state index contributed by atoms with van der Waals surface area (Å²) in [7, 11) is -4.60. The van der Waals surface area contributed by atoms with E-state index in [2.05, 4.69) is 0 Å². The molecule has 0 amide bonds. The molecular weight excluding hydrogens is 203 g/mol. The Morgan fingerprint density at radius 3 is 2.42 bits per heavy atom. The van der Waals surface area contributed by atoms with Crippen molar-refractivity contribution in [2.75, 3.05) is 0 Å². The Hall–Kier alpha value is -0.610. The second-order valence-corrected chi connectivity index (χ2v) is 4.10. The molecule has 0 aromatic heterocycles. The molecule has 12 heavy (non-hydrogen) atoms. The lowest BCUT2D eigenvalue weighted by molar-refractivity contribution is 0.552. The minimum atomic E-state index is -4.60. The van der Waals surface area contributed by atoms with E-state index >= 15 is 0 Å². The van der Waals surface area contributed by atoms with Gasteiger partial charge in [-0.2, -0.15) is 8.42 Å². The molecule has 0 aliphatic heterocycles. The Labute approximate surface area is 75.2 Å². The van der Waals surface area contributed by atoms with Gasteiger partial charge in [0.25, 0.3) is 0 Å². The summed E-state index contributed by atoms with van der Waals surface area (Å²) in [6.07, 6.45) is 0. The summed E-state index contributed by atoms with van der Waals surface area (Å²) in [6.45, 7) is 1.61. The lowest BCUT2D eigenvalue weighted by Gasteiger charge is -1.98. The first-order valence-corrected chi connectivity index (χ1v) is 4.88. The SMILES string of the molecule is Cc1cc(S(=O)(=O)F)ccc1Cl. The highest BCUT2D eigenvalue weighted by Gasteiger charge is 2.11. The topological polar surface area (TPSA) is 34.1 Å². The van der Waals surface area contributed by atoms with E-state index in [0.29, 0.717) is 10.6 Å². The second-order valence-electron chi connectivity index (χ2n) is 2.35. The maximum Gasteiger partial charge on any atom is 0.332 e. The highest BCUT2D eigenvalue weighted by molar-refractivity contribution is 7.86. The number of benzene rings is 1. The van der Waals surface area contributed by atoms with Gasteiger partial charge in [-0.3, -0.25) is 0 Å². The predicted octanol–water partition coefficient (Wildman–Crippen LogP) is 2.31. The Bertz CT molecular complexity index is 400. The van der Waals surface area contributed by atoms with Gasteiger partial charge >= 0.3 is 10.2 Å².